The van der Waals surface area contributed by atoms with Gasteiger partial charge < -0.3 is 14.6 Å². The van der Waals surface area contributed by atoms with E-state index in [-0.39, 0.29) is 23.1 Å². The van der Waals surface area contributed by atoms with E-state index in [0.29, 0.717) is 50.8 Å². The van der Waals surface area contributed by atoms with Gasteiger partial charge in [0.1, 0.15) is 17.9 Å². The molecular formula is C33H29N5O5S2. The van der Waals surface area contributed by atoms with Crippen LogP contribution in [-0.2, 0) is 15.3 Å². The highest BCUT2D eigenvalue weighted by atomic mass is 32.2. The number of ether oxygens (including phenoxy) is 2. The second-order valence-corrected chi connectivity index (χ2v) is 12.2. The number of hydrogen-bond acceptors (Lipinski definition) is 10. The average molecular weight is 640 g/mol. The smallest absolute Gasteiger partial charge is 0.301 e. The number of amides is 1. The first-order valence-electron chi connectivity index (χ1n) is 14.2. The van der Waals surface area contributed by atoms with Crippen molar-refractivity contribution < 1.29 is 24.2 Å². The summed E-state index contributed by atoms with van der Waals surface area (Å²) in [6.07, 6.45) is 3.37. The Hall–Kier alpha value is -4.94. The number of ketones is 1. The van der Waals surface area contributed by atoms with E-state index in [0.717, 1.165) is 5.56 Å². The summed E-state index contributed by atoms with van der Waals surface area (Å²) >= 11 is 2.69. The van der Waals surface area contributed by atoms with Crippen LogP contribution in [0.1, 0.15) is 35.5 Å². The minimum Gasteiger partial charge on any atom is -0.505 e. The molecule has 1 saturated heterocycles. The van der Waals surface area contributed by atoms with E-state index in [1.807, 2.05) is 43.3 Å². The monoisotopic (exact) mass is 639 g/mol. The van der Waals surface area contributed by atoms with E-state index in [1.165, 1.54) is 28.0 Å². The zero-order valence-electron chi connectivity index (χ0n) is 24.5. The molecule has 1 atom stereocenters. The Morgan fingerprint density at radius 3 is 2.64 bits per heavy atom. The van der Waals surface area contributed by atoms with Crippen LogP contribution in [0.15, 0.2) is 95.5 Å². The summed E-state index contributed by atoms with van der Waals surface area (Å²) in [5.41, 5.74) is 2.96. The minimum absolute atomic E-state index is 0.0929. The lowest BCUT2D eigenvalue weighted by molar-refractivity contribution is -0.132. The van der Waals surface area contributed by atoms with E-state index < -0.39 is 17.7 Å². The minimum atomic E-state index is -1.04. The average Bonchev–Trinajstić information content (AvgIpc) is 3.73. The molecule has 3 aromatic heterocycles. The first-order valence-corrected chi connectivity index (χ1v) is 16.0. The Bertz CT molecular complexity index is 1930. The third-order valence-electron chi connectivity index (χ3n) is 7.12. The molecule has 1 unspecified atom stereocenters. The van der Waals surface area contributed by atoms with Crippen molar-refractivity contribution in [1.29, 1.82) is 0 Å². The Morgan fingerprint density at radius 2 is 1.87 bits per heavy atom. The molecule has 1 N–H and O–H groups in total. The summed E-state index contributed by atoms with van der Waals surface area (Å²) in [7, 11) is 0. The van der Waals surface area contributed by atoms with Gasteiger partial charge >= 0.3 is 5.91 Å². The number of nitrogens with zero attached hydrogens (tertiary/aromatic N) is 5. The van der Waals surface area contributed by atoms with E-state index in [1.54, 1.807) is 53.9 Å². The maximum absolute atomic E-state index is 13.8. The van der Waals surface area contributed by atoms with Crippen molar-refractivity contribution in [3.63, 3.8) is 0 Å². The van der Waals surface area contributed by atoms with Crippen LogP contribution in [-0.4, -0.2) is 49.6 Å². The molecule has 5 aromatic rings. The Balaban J connectivity index is 1.48. The van der Waals surface area contributed by atoms with Crippen molar-refractivity contribution in [3.05, 3.63) is 114 Å². The number of carbonyl (C=O) groups excluding carboxylic acids is 2. The third kappa shape index (κ3) is 5.81. The number of fused-ring (bicyclic) bond motifs is 1. The number of hydrogen-bond donors (Lipinski definition) is 1. The number of benzene rings is 2. The number of aryl methyl sites for hydroxylation is 1. The van der Waals surface area contributed by atoms with Gasteiger partial charge in [0.05, 0.1) is 23.9 Å². The number of Topliss-reactive ketones (excluding diaryl/α,β-unsaturated/α-hetero) is 1. The molecule has 6 rings (SSSR count). The maximum Gasteiger partial charge on any atom is 0.301 e. The van der Waals surface area contributed by atoms with E-state index in [4.69, 9.17) is 9.47 Å². The highest BCUT2D eigenvalue weighted by Gasteiger charge is 2.49. The fourth-order valence-corrected chi connectivity index (χ4v) is 7.00. The summed E-state index contributed by atoms with van der Waals surface area (Å²) in [5.74, 6) is -0.453. The van der Waals surface area contributed by atoms with Gasteiger partial charge in [0, 0.05) is 11.9 Å². The summed E-state index contributed by atoms with van der Waals surface area (Å²) in [6.45, 7) is 7.91. The van der Waals surface area contributed by atoms with Crippen LogP contribution in [0.5, 0.6) is 11.5 Å². The fraction of sp³-hybridized carbons (Fsp3) is 0.182. The van der Waals surface area contributed by atoms with Crippen LogP contribution in [0.3, 0.4) is 0 Å². The van der Waals surface area contributed by atoms with Crippen LogP contribution in [0.2, 0.25) is 0 Å². The quantitative estimate of drug-likeness (QED) is 0.0439. The zero-order chi connectivity index (χ0) is 31.5. The fourth-order valence-electron chi connectivity index (χ4n) is 5.18. The first-order chi connectivity index (χ1) is 21.9. The molecule has 0 radical (unpaired) electrons. The molecule has 0 saturated carbocycles. The normalized spacial score (nSPS) is 16.0. The zero-order valence-corrected chi connectivity index (χ0v) is 26.2. The lowest BCUT2D eigenvalue weighted by atomic mass is 9.96. The number of aliphatic hydroxyl groups excluding tert-OH is 1. The van der Waals surface area contributed by atoms with E-state index in [9.17, 15) is 14.7 Å². The van der Waals surface area contributed by atoms with Gasteiger partial charge in [-0.05, 0) is 49.2 Å². The molecule has 4 heterocycles. The van der Waals surface area contributed by atoms with E-state index in [2.05, 4.69) is 21.8 Å². The third-order valence-corrected chi connectivity index (χ3v) is 9.25. The number of carbonyl (C=O) groups is 2. The molecular weight excluding hydrogens is 611 g/mol. The second-order valence-electron chi connectivity index (χ2n) is 10.0. The van der Waals surface area contributed by atoms with Gasteiger partial charge in [-0.25, -0.2) is 4.98 Å². The number of imidazole rings is 1. The van der Waals surface area contributed by atoms with Crippen molar-refractivity contribution in [2.45, 2.75) is 30.0 Å². The predicted octanol–water partition coefficient (Wildman–Crippen LogP) is 6.38. The summed E-state index contributed by atoms with van der Waals surface area (Å²) in [6, 6.07) is 19.5. The van der Waals surface area contributed by atoms with Crippen molar-refractivity contribution in [3.8, 4) is 11.5 Å². The molecule has 1 aliphatic heterocycles. The van der Waals surface area contributed by atoms with Gasteiger partial charge in [-0.1, -0.05) is 78.2 Å². The summed E-state index contributed by atoms with van der Waals surface area (Å²) in [4.78, 5) is 33.5. The van der Waals surface area contributed by atoms with Crippen molar-refractivity contribution >= 4 is 51.3 Å². The van der Waals surface area contributed by atoms with E-state index >= 15 is 0 Å². The number of anilines is 1. The van der Waals surface area contributed by atoms with Gasteiger partial charge in [0.2, 0.25) is 5.13 Å². The Labute approximate surface area is 267 Å². The molecule has 10 nitrogen and oxygen atoms in total. The van der Waals surface area contributed by atoms with Crippen LogP contribution in [0, 0.1) is 6.92 Å². The molecule has 1 aliphatic rings. The highest BCUT2D eigenvalue weighted by molar-refractivity contribution is 8.00. The maximum atomic E-state index is 13.8. The molecule has 0 spiro atoms. The Morgan fingerprint density at radius 1 is 1.07 bits per heavy atom. The number of rotatable bonds is 11. The summed E-state index contributed by atoms with van der Waals surface area (Å²) in [5, 5.41) is 20.7. The topological polar surface area (TPSA) is 119 Å². The van der Waals surface area contributed by atoms with Crippen LogP contribution >= 0.6 is 23.1 Å². The van der Waals surface area contributed by atoms with Gasteiger partial charge in [0.25, 0.3) is 5.78 Å². The lowest BCUT2D eigenvalue weighted by Crippen LogP contribution is -2.29. The van der Waals surface area contributed by atoms with Gasteiger partial charge in [-0.2, -0.15) is 0 Å². The number of aromatic nitrogens is 4. The molecule has 228 valence electrons. The SMILES string of the molecule is C=CCOc1ccc(C2C(=C(O)c3c(C)nc4ccccn34)C(=O)C(=O)N2c2nnc(SCc3ccccc3)s2)cc1OCC. The highest BCUT2D eigenvalue weighted by Crippen LogP contribution is 2.46. The number of aliphatic hydroxyl groups is 1. The molecule has 1 amide bonds. The molecule has 1 fully saturated rings. The Kier molecular flexibility index (Phi) is 8.67. The van der Waals surface area contributed by atoms with Crippen molar-refractivity contribution in [2.24, 2.45) is 0 Å². The number of pyridine rings is 1. The molecule has 0 bridgehead atoms. The van der Waals surface area contributed by atoms with Crippen LogP contribution in [0.4, 0.5) is 5.13 Å². The van der Waals surface area contributed by atoms with Gasteiger partial charge in [-0.15, -0.1) is 10.2 Å². The van der Waals surface area contributed by atoms with Crippen LogP contribution in [0.25, 0.3) is 11.4 Å². The van der Waals surface area contributed by atoms with Crippen molar-refractivity contribution in [1.82, 2.24) is 19.6 Å². The largest absolute Gasteiger partial charge is 0.505 e. The van der Waals surface area contributed by atoms with Gasteiger partial charge in [0.15, 0.2) is 21.6 Å². The standard InChI is InChI=1S/C33H29N5O5S2/c1-4-17-43-23-15-14-22(18-24(23)42-5-2)28-26(29(39)27-20(3)34-25-13-9-10-16-37(25)27)30(40)31(41)38(28)32-35-36-33(45-32)44-19-21-11-7-6-8-12-21/h4,6-16,18,28,39H,1,5,17,19H2,2-3H3. The molecule has 0 aliphatic carbocycles. The predicted molar refractivity (Wildman–Crippen MR) is 174 cm³/mol. The van der Waals surface area contributed by atoms with Crippen molar-refractivity contribution in [2.75, 3.05) is 18.1 Å². The first kappa shape index (κ1) is 30.1. The summed E-state index contributed by atoms with van der Waals surface area (Å²) < 4.78 is 14.0. The number of thioether (sulfide) groups is 1. The molecule has 2 aromatic carbocycles. The lowest BCUT2D eigenvalue weighted by Gasteiger charge is -2.23. The molecule has 45 heavy (non-hydrogen) atoms. The second kappa shape index (κ2) is 13.0. The van der Waals surface area contributed by atoms with Gasteiger partial charge in [-0.3, -0.25) is 18.9 Å². The molecule has 12 heteroatoms. The van der Waals surface area contributed by atoms with Crippen LogP contribution < -0.4 is 14.4 Å².